The van der Waals surface area contributed by atoms with Crippen LogP contribution in [0.15, 0.2) is 36.4 Å². The summed E-state index contributed by atoms with van der Waals surface area (Å²) in [6.45, 7) is 0. The molecule has 1 rings (SSSR count). The molecule has 1 aromatic rings. The Morgan fingerprint density at radius 2 is 1.85 bits per heavy atom. The van der Waals surface area contributed by atoms with Gasteiger partial charge in [-0.05, 0) is 0 Å². The normalized spacial score (nSPS) is 11.0. The second kappa shape index (κ2) is 5.14. The molecule has 0 radical (unpaired) electrons. The molecule has 1 nitrogen and oxygen atoms in total. The molecule has 1 aromatic carbocycles. The first-order valence-corrected chi connectivity index (χ1v) is 4.78. The molecule has 13 heavy (non-hydrogen) atoms. The fourth-order valence-corrected chi connectivity index (χ4v) is 0.987. The van der Waals surface area contributed by atoms with Crippen molar-refractivity contribution in [2.45, 2.75) is 0 Å². The van der Waals surface area contributed by atoms with Crippen molar-refractivity contribution in [2.75, 3.05) is 14.1 Å². The summed E-state index contributed by atoms with van der Waals surface area (Å²) in [6, 6.07) is 10.3. The molecule has 68 valence electrons. The van der Waals surface area contributed by atoms with Gasteiger partial charge in [0, 0.05) is 0 Å². The second-order valence-electron chi connectivity index (χ2n) is 2.98. The van der Waals surface area contributed by atoms with E-state index in [0.29, 0.717) is 0 Å². The molecule has 0 aromatic heterocycles. The van der Waals surface area contributed by atoms with E-state index in [1.54, 1.807) is 0 Å². The molecule has 0 aliphatic carbocycles. The van der Waals surface area contributed by atoms with E-state index in [9.17, 15) is 0 Å². The minimum atomic E-state index is 1.13. The first-order valence-electron chi connectivity index (χ1n) is 4.14. The molecule has 0 unspecified atom stereocenters. The number of hydrogen-bond donors (Lipinski definition) is 0. The third-order valence-corrected chi connectivity index (χ3v) is 2.44. The Morgan fingerprint density at radius 1 is 1.23 bits per heavy atom. The summed E-state index contributed by atoms with van der Waals surface area (Å²) >= 11 is 3.00. The topological polar surface area (TPSA) is 3.24 Å². The van der Waals surface area contributed by atoms with Crippen LogP contribution in [-0.2, 0) is 15.9 Å². The van der Waals surface area contributed by atoms with E-state index in [2.05, 4.69) is 40.1 Å². The number of hydrogen-bond acceptors (Lipinski definition) is 1. The molecule has 0 saturated carbocycles. The van der Waals surface area contributed by atoms with Gasteiger partial charge >= 0.3 is 87.4 Å². The Morgan fingerprint density at radius 3 is 2.38 bits per heavy atom. The van der Waals surface area contributed by atoms with Crippen LogP contribution in [0.25, 0.3) is 6.08 Å². The number of rotatable bonds is 3. The Kier molecular flexibility index (Phi) is 4.11. The zero-order valence-corrected chi connectivity index (χ0v) is 9.17. The summed E-state index contributed by atoms with van der Waals surface area (Å²) in [5.41, 5.74) is 1.22. The maximum absolute atomic E-state index is 3.00. The molecule has 0 aliphatic rings. The molecule has 0 spiro atoms. The van der Waals surface area contributed by atoms with E-state index in [-0.39, 0.29) is 0 Å². The molecular formula is C11H13CrN. The van der Waals surface area contributed by atoms with Crippen molar-refractivity contribution in [3.8, 4) is 0 Å². The summed E-state index contributed by atoms with van der Waals surface area (Å²) < 4.78 is 1.13. The van der Waals surface area contributed by atoms with Crippen LogP contribution in [-0.4, -0.2) is 23.5 Å². The molecule has 0 aliphatic heterocycles. The van der Waals surface area contributed by atoms with Gasteiger partial charge in [0.15, 0.2) is 0 Å². The van der Waals surface area contributed by atoms with Crippen LogP contribution in [0.1, 0.15) is 5.56 Å². The van der Waals surface area contributed by atoms with Gasteiger partial charge in [-0.2, -0.15) is 0 Å². The van der Waals surface area contributed by atoms with Crippen LogP contribution < -0.4 is 0 Å². The van der Waals surface area contributed by atoms with Gasteiger partial charge in [-0.3, -0.25) is 0 Å². The van der Waals surface area contributed by atoms with Gasteiger partial charge in [0.2, 0.25) is 0 Å². The molecule has 0 heterocycles. The van der Waals surface area contributed by atoms with Gasteiger partial charge in [-0.25, -0.2) is 0 Å². The summed E-state index contributed by atoms with van der Waals surface area (Å²) in [6.07, 6.45) is 4.15. The Hall–Kier alpha value is -0.678. The van der Waals surface area contributed by atoms with Crippen LogP contribution in [0.3, 0.4) is 0 Å². The van der Waals surface area contributed by atoms with Crippen molar-refractivity contribution in [1.82, 2.24) is 4.90 Å². The zero-order valence-electron chi connectivity index (χ0n) is 7.90. The number of likely N-dealkylation sites (N-methyl/N-ethyl adjacent to an activating group) is 1. The minimum absolute atomic E-state index is 1.13. The van der Waals surface area contributed by atoms with Crippen molar-refractivity contribution < 1.29 is 15.9 Å². The SMILES string of the molecule is CN(C)[C](=[Cr])/C=C/c1ccccc1. The van der Waals surface area contributed by atoms with Crippen LogP contribution in [0, 0.1) is 0 Å². The number of nitrogens with zero attached hydrogens (tertiary/aromatic N) is 1. The van der Waals surface area contributed by atoms with E-state index in [4.69, 9.17) is 0 Å². The second-order valence-corrected chi connectivity index (χ2v) is 3.63. The van der Waals surface area contributed by atoms with E-state index in [1.807, 2.05) is 37.2 Å². The first-order chi connectivity index (χ1) is 6.20. The molecule has 0 N–H and O–H groups in total. The number of benzene rings is 1. The molecule has 0 saturated heterocycles. The van der Waals surface area contributed by atoms with Crippen molar-refractivity contribution in [3.05, 3.63) is 42.0 Å². The van der Waals surface area contributed by atoms with Crippen molar-refractivity contribution in [3.63, 3.8) is 0 Å². The first kappa shape index (κ1) is 10.4. The van der Waals surface area contributed by atoms with Crippen molar-refractivity contribution in [1.29, 1.82) is 0 Å². The third kappa shape index (κ3) is 3.69. The molecule has 0 bridgehead atoms. The predicted octanol–water partition coefficient (Wildman–Crippen LogP) is 1.94. The van der Waals surface area contributed by atoms with Crippen molar-refractivity contribution in [2.24, 2.45) is 0 Å². The average Bonchev–Trinajstić information content (AvgIpc) is 2.15. The molecule has 0 atom stereocenters. The molecular weight excluding hydrogens is 198 g/mol. The van der Waals surface area contributed by atoms with Gasteiger partial charge in [-0.15, -0.1) is 0 Å². The van der Waals surface area contributed by atoms with Crippen LogP contribution in [0.4, 0.5) is 0 Å². The van der Waals surface area contributed by atoms with Gasteiger partial charge < -0.3 is 0 Å². The van der Waals surface area contributed by atoms with E-state index in [0.717, 1.165) is 4.50 Å². The van der Waals surface area contributed by atoms with E-state index >= 15 is 0 Å². The van der Waals surface area contributed by atoms with Crippen molar-refractivity contribution >= 4 is 10.6 Å². The van der Waals surface area contributed by atoms with Crippen LogP contribution in [0.5, 0.6) is 0 Å². The van der Waals surface area contributed by atoms with Gasteiger partial charge in [0.05, 0.1) is 0 Å². The third-order valence-electron chi connectivity index (χ3n) is 1.66. The molecule has 2 heteroatoms. The summed E-state index contributed by atoms with van der Waals surface area (Å²) in [5, 5.41) is 0. The maximum atomic E-state index is 3.00. The van der Waals surface area contributed by atoms with Crippen LogP contribution >= 0.6 is 0 Å². The summed E-state index contributed by atoms with van der Waals surface area (Å²) in [7, 11) is 4.03. The summed E-state index contributed by atoms with van der Waals surface area (Å²) in [5.74, 6) is 0. The summed E-state index contributed by atoms with van der Waals surface area (Å²) in [4.78, 5) is 2.04. The Balaban J connectivity index is 2.64. The zero-order chi connectivity index (χ0) is 9.68. The van der Waals surface area contributed by atoms with Gasteiger partial charge in [0.25, 0.3) is 0 Å². The average molecular weight is 211 g/mol. The predicted molar refractivity (Wildman–Crippen MR) is 54.2 cm³/mol. The quantitative estimate of drug-likeness (QED) is 0.738. The van der Waals surface area contributed by atoms with Crippen LogP contribution in [0.2, 0.25) is 0 Å². The fourth-order valence-electron chi connectivity index (χ4n) is 0.881. The van der Waals surface area contributed by atoms with Gasteiger partial charge in [0.1, 0.15) is 0 Å². The molecule has 0 amide bonds. The monoisotopic (exact) mass is 211 g/mol. The fraction of sp³-hybridized carbons (Fsp3) is 0.182. The van der Waals surface area contributed by atoms with E-state index < -0.39 is 0 Å². The van der Waals surface area contributed by atoms with Gasteiger partial charge in [-0.1, -0.05) is 0 Å². The Labute approximate surface area is 87.6 Å². The van der Waals surface area contributed by atoms with E-state index in [1.165, 1.54) is 5.56 Å². The molecule has 0 fully saturated rings. The standard InChI is InChI=1S/C11H13N.Cr/c1-12(2)10-6-9-11-7-4-3-5-8-11;/h3-9H,1-2H3;/b9-6+;. The Bertz CT molecular complexity index is 301.